The van der Waals surface area contributed by atoms with Crippen molar-refractivity contribution in [1.29, 1.82) is 0 Å². The Morgan fingerprint density at radius 1 is 1.42 bits per heavy atom. The minimum atomic E-state index is -0.383. The Labute approximate surface area is 117 Å². The van der Waals surface area contributed by atoms with Gasteiger partial charge in [-0.3, -0.25) is 9.59 Å². The van der Waals surface area contributed by atoms with E-state index in [9.17, 15) is 9.59 Å². The Morgan fingerprint density at radius 3 is 2.68 bits per heavy atom. The molecule has 19 heavy (non-hydrogen) atoms. The molecule has 4 nitrogen and oxygen atoms in total. The van der Waals surface area contributed by atoms with Crippen LogP contribution in [0.25, 0.3) is 0 Å². The van der Waals surface area contributed by atoms with E-state index in [-0.39, 0.29) is 23.8 Å². The number of amides is 1. The fourth-order valence-electron chi connectivity index (χ4n) is 2.02. The van der Waals surface area contributed by atoms with Gasteiger partial charge in [0.2, 0.25) is 5.91 Å². The highest BCUT2D eigenvalue weighted by atomic mass is 32.2. The maximum atomic E-state index is 11.8. The summed E-state index contributed by atoms with van der Waals surface area (Å²) in [6, 6.07) is 8.18. The summed E-state index contributed by atoms with van der Waals surface area (Å²) in [6.45, 7) is 2.12. The molecule has 1 amide bonds. The lowest BCUT2D eigenvalue weighted by molar-refractivity contribution is -0.146. The number of rotatable bonds is 4. The number of nitrogens with zero attached hydrogens (tertiary/aromatic N) is 1. The van der Waals surface area contributed by atoms with Crippen LogP contribution in [0.3, 0.4) is 0 Å². The van der Waals surface area contributed by atoms with E-state index in [1.807, 2.05) is 12.1 Å². The highest BCUT2D eigenvalue weighted by molar-refractivity contribution is 8.00. The highest BCUT2D eigenvalue weighted by Gasteiger charge is 2.34. The third kappa shape index (κ3) is 3.10. The largest absolute Gasteiger partial charge is 0.468 e. The van der Waals surface area contributed by atoms with Crippen molar-refractivity contribution in [3.05, 3.63) is 35.4 Å². The number of hydrogen-bond acceptors (Lipinski definition) is 4. The third-order valence-corrected chi connectivity index (χ3v) is 4.42. The van der Waals surface area contributed by atoms with Crippen molar-refractivity contribution in [2.45, 2.75) is 18.7 Å². The molecule has 1 atom stereocenters. The van der Waals surface area contributed by atoms with E-state index in [2.05, 4.69) is 23.8 Å². The van der Waals surface area contributed by atoms with E-state index in [4.69, 9.17) is 0 Å². The van der Waals surface area contributed by atoms with Crippen LogP contribution in [0.2, 0.25) is 0 Å². The summed E-state index contributed by atoms with van der Waals surface area (Å²) in [6.07, 6.45) is 0.989. The molecule has 1 heterocycles. The molecule has 1 saturated heterocycles. The predicted octanol–water partition coefficient (Wildman–Crippen LogP) is 2.00. The molecule has 1 unspecified atom stereocenters. The molecule has 1 aromatic carbocycles. The zero-order valence-corrected chi connectivity index (χ0v) is 11.9. The van der Waals surface area contributed by atoms with Crippen LogP contribution in [0, 0.1) is 0 Å². The van der Waals surface area contributed by atoms with Gasteiger partial charge in [-0.1, -0.05) is 31.2 Å². The summed E-state index contributed by atoms with van der Waals surface area (Å²) in [5.74, 6) is 0.0167. The number of carbonyl (C=O) groups is 2. The molecule has 1 fully saturated rings. The van der Waals surface area contributed by atoms with Crippen molar-refractivity contribution in [3.8, 4) is 0 Å². The number of ether oxygens (including phenoxy) is 1. The van der Waals surface area contributed by atoms with Gasteiger partial charge in [0.05, 0.1) is 12.9 Å². The van der Waals surface area contributed by atoms with E-state index in [1.54, 1.807) is 16.7 Å². The number of carbonyl (C=O) groups excluding carboxylic acids is 2. The standard InChI is InChI=1S/C14H17NO3S/c1-3-10-4-6-11(7-5-10)14-15(8-13(17)18-2)12(16)9-19-14/h4-7,14H,3,8-9H2,1-2H3. The lowest BCUT2D eigenvalue weighted by Gasteiger charge is -2.23. The number of thioether (sulfide) groups is 1. The molecule has 0 radical (unpaired) electrons. The SMILES string of the molecule is CCc1ccc(C2SCC(=O)N2CC(=O)OC)cc1. The number of hydrogen-bond donors (Lipinski definition) is 0. The van der Waals surface area contributed by atoms with Gasteiger partial charge < -0.3 is 9.64 Å². The summed E-state index contributed by atoms with van der Waals surface area (Å²) in [5.41, 5.74) is 2.31. The maximum Gasteiger partial charge on any atom is 0.325 e. The third-order valence-electron chi connectivity index (χ3n) is 3.17. The Morgan fingerprint density at radius 2 is 2.11 bits per heavy atom. The van der Waals surface area contributed by atoms with Gasteiger partial charge in [-0.2, -0.15) is 0 Å². The molecule has 0 aromatic heterocycles. The molecule has 1 aliphatic rings. The summed E-state index contributed by atoms with van der Waals surface area (Å²) in [4.78, 5) is 24.8. The van der Waals surface area contributed by atoms with Crippen molar-refractivity contribution >= 4 is 23.6 Å². The normalized spacial score (nSPS) is 18.7. The van der Waals surface area contributed by atoms with Crippen molar-refractivity contribution in [2.75, 3.05) is 19.4 Å². The van der Waals surface area contributed by atoms with Gasteiger partial charge in [-0.25, -0.2) is 0 Å². The minimum absolute atomic E-state index is 0.0139. The summed E-state index contributed by atoms with van der Waals surface area (Å²) in [7, 11) is 1.33. The van der Waals surface area contributed by atoms with Gasteiger partial charge in [0.15, 0.2) is 0 Å². The zero-order chi connectivity index (χ0) is 13.8. The first-order chi connectivity index (χ1) is 9.15. The van der Waals surface area contributed by atoms with Crippen LogP contribution < -0.4 is 0 Å². The van der Waals surface area contributed by atoms with Crippen LogP contribution in [-0.4, -0.2) is 36.2 Å². The smallest absolute Gasteiger partial charge is 0.325 e. The number of benzene rings is 1. The van der Waals surface area contributed by atoms with Gasteiger partial charge in [0.25, 0.3) is 0 Å². The molecule has 0 spiro atoms. The second kappa shape index (κ2) is 6.10. The summed E-state index contributed by atoms with van der Waals surface area (Å²) in [5, 5.41) is -0.0856. The van der Waals surface area contributed by atoms with Gasteiger partial charge >= 0.3 is 5.97 Å². The fraction of sp³-hybridized carbons (Fsp3) is 0.429. The average molecular weight is 279 g/mol. The van der Waals surface area contributed by atoms with Crippen LogP contribution in [0.15, 0.2) is 24.3 Å². The van der Waals surface area contributed by atoms with Crippen LogP contribution >= 0.6 is 11.8 Å². The van der Waals surface area contributed by atoms with Gasteiger partial charge in [-0.05, 0) is 17.5 Å². The fourth-order valence-corrected chi connectivity index (χ4v) is 3.21. The van der Waals surface area contributed by atoms with E-state index in [1.165, 1.54) is 12.7 Å². The maximum absolute atomic E-state index is 11.8. The van der Waals surface area contributed by atoms with Crippen LogP contribution in [0.4, 0.5) is 0 Å². The first kappa shape index (κ1) is 13.9. The Bertz CT molecular complexity index is 472. The average Bonchev–Trinajstić information content (AvgIpc) is 2.80. The number of methoxy groups -OCH3 is 1. The van der Waals surface area contributed by atoms with Crippen LogP contribution in [-0.2, 0) is 20.7 Å². The molecule has 1 aliphatic heterocycles. The molecular formula is C14H17NO3S. The van der Waals surface area contributed by atoms with Gasteiger partial charge in [0.1, 0.15) is 11.9 Å². The molecule has 0 bridgehead atoms. The van der Waals surface area contributed by atoms with E-state index in [0.717, 1.165) is 12.0 Å². The monoisotopic (exact) mass is 279 g/mol. The first-order valence-corrected chi connectivity index (χ1v) is 7.27. The molecule has 1 aromatic rings. The lowest BCUT2D eigenvalue weighted by Crippen LogP contribution is -2.33. The minimum Gasteiger partial charge on any atom is -0.468 e. The molecule has 0 N–H and O–H groups in total. The molecular weight excluding hydrogens is 262 g/mol. The molecule has 0 aliphatic carbocycles. The molecule has 2 rings (SSSR count). The molecule has 102 valence electrons. The van der Waals surface area contributed by atoms with Gasteiger partial charge in [-0.15, -0.1) is 11.8 Å². The number of aryl methyl sites for hydroxylation is 1. The quantitative estimate of drug-likeness (QED) is 0.791. The lowest BCUT2D eigenvalue weighted by atomic mass is 10.1. The molecule has 0 saturated carbocycles. The zero-order valence-electron chi connectivity index (χ0n) is 11.1. The highest BCUT2D eigenvalue weighted by Crippen LogP contribution is 2.38. The Balaban J connectivity index is 2.16. The summed E-state index contributed by atoms with van der Waals surface area (Å²) >= 11 is 1.55. The second-order valence-corrected chi connectivity index (χ2v) is 5.42. The Hall–Kier alpha value is -1.49. The van der Waals surface area contributed by atoms with Gasteiger partial charge in [0, 0.05) is 0 Å². The topological polar surface area (TPSA) is 46.6 Å². The van der Waals surface area contributed by atoms with Crippen molar-refractivity contribution in [1.82, 2.24) is 4.90 Å². The van der Waals surface area contributed by atoms with E-state index < -0.39 is 0 Å². The van der Waals surface area contributed by atoms with Crippen LogP contribution in [0.5, 0.6) is 0 Å². The second-order valence-electron chi connectivity index (χ2n) is 4.36. The Kier molecular flexibility index (Phi) is 4.47. The van der Waals surface area contributed by atoms with E-state index >= 15 is 0 Å². The van der Waals surface area contributed by atoms with E-state index in [0.29, 0.717) is 5.75 Å². The van der Waals surface area contributed by atoms with Crippen molar-refractivity contribution in [3.63, 3.8) is 0 Å². The van der Waals surface area contributed by atoms with Crippen molar-refractivity contribution < 1.29 is 14.3 Å². The first-order valence-electron chi connectivity index (χ1n) is 6.22. The molecule has 5 heteroatoms. The summed E-state index contributed by atoms with van der Waals surface area (Å²) < 4.78 is 4.64. The van der Waals surface area contributed by atoms with Crippen molar-refractivity contribution in [2.24, 2.45) is 0 Å². The number of esters is 1. The van der Waals surface area contributed by atoms with Crippen LogP contribution in [0.1, 0.15) is 23.4 Å². The predicted molar refractivity (Wildman–Crippen MR) is 74.7 cm³/mol.